The Bertz CT molecular complexity index is 560. The molecule has 0 radical (unpaired) electrons. The van der Waals surface area contributed by atoms with Crippen LogP contribution in [0.15, 0.2) is 0 Å². The molecule has 1 aromatic heterocycles. The third kappa shape index (κ3) is 3.38. The number of hydrogen-bond acceptors (Lipinski definition) is 2. The lowest BCUT2D eigenvalue weighted by Crippen LogP contribution is -2.45. The molecule has 0 aromatic carbocycles. The molecule has 0 unspecified atom stereocenters. The van der Waals surface area contributed by atoms with Crippen LogP contribution >= 0.6 is 0 Å². The van der Waals surface area contributed by atoms with Crippen molar-refractivity contribution < 1.29 is 4.79 Å². The Morgan fingerprint density at radius 1 is 1.22 bits per heavy atom. The first-order valence-corrected chi connectivity index (χ1v) is 9.11. The normalized spacial score (nSPS) is 22.0. The molecule has 0 bridgehead atoms. The molecule has 1 saturated carbocycles. The molecule has 1 saturated heterocycles. The topological polar surface area (TPSA) is 50.2 Å². The Morgan fingerprint density at radius 3 is 2.61 bits per heavy atom. The molecule has 0 spiro atoms. The molecule has 128 valence electrons. The van der Waals surface area contributed by atoms with Gasteiger partial charge in [-0.25, -0.2) is 4.79 Å². The second-order valence-corrected chi connectivity index (χ2v) is 7.20. The van der Waals surface area contributed by atoms with Gasteiger partial charge in [-0.15, -0.1) is 0 Å². The van der Waals surface area contributed by atoms with Crippen molar-refractivity contribution in [3.63, 3.8) is 0 Å². The largest absolute Gasteiger partial charge is 0.338 e. The van der Waals surface area contributed by atoms with Crippen LogP contribution in [0.3, 0.4) is 0 Å². The highest BCUT2D eigenvalue weighted by molar-refractivity contribution is 5.74. The average Bonchev–Trinajstić information content (AvgIpc) is 3.23. The van der Waals surface area contributed by atoms with Gasteiger partial charge in [0.2, 0.25) is 0 Å². The van der Waals surface area contributed by atoms with Crippen molar-refractivity contribution in [3.05, 3.63) is 17.0 Å². The summed E-state index contributed by atoms with van der Waals surface area (Å²) < 4.78 is 1.92. The average molecular weight is 318 g/mol. The lowest BCUT2D eigenvalue weighted by molar-refractivity contribution is 0.173. The van der Waals surface area contributed by atoms with Crippen molar-refractivity contribution in [1.82, 2.24) is 20.0 Å². The summed E-state index contributed by atoms with van der Waals surface area (Å²) in [5.41, 5.74) is 3.53. The predicted molar refractivity (Wildman–Crippen MR) is 91.5 cm³/mol. The first-order valence-electron chi connectivity index (χ1n) is 9.11. The number of rotatable bonds is 4. The minimum Gasteiger partial charge on any atom is -0.338 e. The molecule has 1 aliphatic carbocycles. The minimum atomic E-state index is 0.138. The van der Waals surface area contributed by atoms with Gasteiger partial charge in [-0.2, -0.15) is 5.10 Å². The molecule has 5 heteroatoms. The number of aryl methyl sites for hydroxylation is 2. The number of urea groups is 1. The van der Waals surface area contributed by atoms with E-state index in [4.69, 9.17) is 0 Å². The molecule has 1 N–H and O–H groups in total. The van der Waals surface area contributed by atoms with Crippen LogP contribution in [-0.2, 0) is 13.5 Å². The van der Waals surface area contributed by atoms with Gasteiger partial charge >= 0.3 is 6.03 Å². The molecule has 2 fully saturated rings. The fourth-order valence-corrected chi connectivity index (χ4v) is 4.45. The third-order valence-corrected chi connectivity index (χ3v) is 5.81. The lowest BCUT2D eigenvalue weighted by atomic mass is 9.96. The van der Waals surface area contributed by atoms with E-state index in [1.54, 1.807) is 0 Å². The van der Waals surface area contributed by atoms with Crippen molar-refractivity contribution in [3.8, 4) is 0 Å². The van der Waals surface area contributed by atoms with Gasteiger partial charge in [0.25, 0.3) is 0 Å². The van der Waals surface area contributed by atoms with Crippen LogP contribution in [0.25, 0.3) is 0 Å². The molecule has 23 heavy (non-hydrogen) atoms. The second kappa shape index (κ2) is 6.93. The van der Waals surface area contributed by atoms with E-state index in [1.165, 1.54) is 43.4 Å². The van der Waals surface area contributed by atoms with E-state index in [2.05, 4.69) is 22.2 Å². The summed E-state index contributed by atoms with van der Waals surface area (Å²) in [6.07, 6.45) is 8.52. The fraction of sp³-hybridized carbons (Fsp3) is 0.778. The van der Waals surface area contributed by atoms with Gasteiger partial charge in [-0.3, -0.25) is 4.68 Å². The van der Waals surface area contributed by atoms with Crippen molar-refractivity contribution >= 4 is 6.03 Å². The molecule has 1 aromatic rings. The summed E-state index contributed by atoms with van der Waals surface area (Å²) in [7, 11) is 1.97. The maximum absolute atomic E-state index is 12.6. The van der Waals surface area contributed by atoms with Crippen LogP contribution in [0.4, 0.5) is 4.79 Å². The summed E-state index contributed by atoms with van der Waals surface area (Å²) in [5.74, 6) is 0.742. The summed E-state index contributed by atoms with van der Waals surface area (Å²) in [6, 6.07) is 0.623. The fourth-order valence-electron chi connectivity index (χ4n) is 4.45. The monoisotopic (exact) mass is 318 g/mol. The molecule has 3 rings (SSSR count). The zero-order valence-corrected chi connectivity index (χ0v) is 14.8. The quantitative estimate of drug-likeness (QED) is 0.928. The van der Waals surface area contributed by atoms with E-state index in [1.807, 2.05) is 18.7 Å². The van der Waals surface area contributed by atoms with Gasteiger partial charge in [0.05, 0.1) is 5.69 Å². The highest BCUT2D eigenvalue weighted by Crippen LogP contribution is 2.35. The van der Waals surface area contributed by atoms with Crippen molar-refractivity contribution in [2.24, 2.45) is 13.0 Å². The number of carbonyl (C=O) groups excluding carboxylic acids is 1. The smallest absolute Gasteiger partial charge is 0.317 e. The van der Waals surface area contributed by atoms with E-state index >= 15 is 0 Å². The van der Waals surface area contributed by atoms with Crippen molar-refractivity contribution in [1.29, 1.82) is 0 Å². The SMILES string of the molecule is Cc1nn(C)c(C)c1CCNC(=O)N1CCC[C@H]1C1CCCC1. The number of hydrogen-bond donors (Lipinski definition) is 1. The maximum Gasteiger partial charge on any atom is 0.317 e. The third-order valence-electron chi connectivity index (χ3n) is 5.81. The Kier molecular flexibility index (Phi) is 4.93. The summed E-state index contributed by atoms with van der Waals surface area (Å²) in [5, 5.41) is 7.58. The van der Waals surface area contributed by atoms with E-state index in [0.717, 1.165) is 31.0 Å². The molecule has 2 aliphatic rings. The zero-order valence-electron chi connectivity index (χ0n) is 14.8. The Labute approximate surface area is 139 Å². The molecular formula is C18H30N4O. The second-order valence-electron chi connectivity index (χ2n) is 7.20. The number of carbonyl (C=O) groups is 1. The van der Waals surface area contributed by atoms with Gasteiger partial charge < -0.3 is 10.2 Å². The number of nitrogens with one attached hydrogen (secondary N) is 1. The number of nitrogens with zero attached hydrogens (tertiary/aromatic N) is 3. The van der Waals surface area contributed by atoms with E-state index in [-0.39, 0.29) is 6.03 Å². The van der Waals surface area contributed by atoms with Gasteiger partial charge in [-0.05, 0) is 57.4 Å². The van der Waals surface area contributed by atoms with Crippen LogP contribution in [0.2, 0.25) is 0 Å². The van der Waals surface area contributed by atoms with Gasteiger partial charge in [0.1, 0.15) is 0 Å². The van der Waals surface area contributed by atoms with Crippen LogP contribution in [0.1, 0.15) is 55.5 Å². The molecule has 1 aliphatic heterocycles. The number of aromatic nitrogens is 2. The molecule has 2 heterocycles. The Balaban J connectivity index is 1.52. The first kappa shape index (κ1) is 16.3. The van der Waals surface area contributed by atoms with Crippen molar-refractivity contribution in [2.75, 3.05) is 13.1 Å². The van der Waals surface area contributed by atoms with Crippen LogP contribution < -0.4 is 5.32 Å². The van der Waals surface area contributed by atoms with Crippen LogP contribution in [0, 0.1) is 19.8 Å². The maximum atomic E-state index is 12.6. The molecule has 2 amide bonds. The molecule has 1 atom stereocenters. The summed E-state index contributed by atoms with van der Waals surface area (Å²) in [4.78, 5) is 14.7. The predicted octanol–water partition coefficient (Wildman–Crippen LogP) is 2.94. The number of amides is 2. The zero-order chi connectivity index (χ0) is 16.4. The van der Waals surface area contributed by atoms with Crippen molar-refractivity contribution in [2.45, 2.75) is 64.8 Å². The van der Waals surface area contributed by atoms with Gasteiger partial charge in [-0.1, -0.05) is 12.8 Å². The lowest BCUT2D eigenvalue weighted by Gasteiger charge is -2.29. The molecule has 5 nitrogen and oxygen atoms in total. The van der Waals surface area contributed by atoms with Crippen LogP contribution in [-0.4, -0.2) is 39.8 Å². The Morgan fingerprint density at radius 2 is 1.96 bits per heavy atom. The highest BCUT2D eigenvalue weighted by Gasteiger charge is 2.35. The standard InChI is InChI=1S/C18H30N4O/c1-13-16(14(2)21(3)20-13)10-11-19-18(23)22-12-6-9-17(22)15-7-4-5-8-15/h15,17H,4-12H2,1-3H3,(H,19,23)/t17-/m0/s1. The van der Waals surface area contributed by atoms with Crippen LogP contribution in [0.5, 0.6) is 0 Å². The summed E-state index contributed by atoms with van der Waals surface area (Å²) >= 11 is 0. The molecular weight excluding hydrogens is 288 g/mol. The Hall–Kier alpha value is -1.52. The first-order chi connectivity index (χ1) is 11.1. The number of likely N-dealkylation sites (tertiary alicyclic amines) is 1. The summed E-state index contributed by atoms with van der Waals surface area (Å²) in [6.45, 7) is 5.76. The van der Waals surface area contributed by atoms with Gasteiger partial charge in [0, 0.05) is 31.9 Å². The highest BCUT2D eigenvalue weighted by atomic mass is 16.2. The van der Waals surface area contributed by atoms with Gasteiger partial charge in [0.15, 0.2) is 0 Å². The minimum absolute atomic E-state index is 0.138. The van der Waals surface area contributed by atoms with E-state index in [9.17, 15) is 4.79 Å². The van der Waals surface area contributed by atoms with E-state index < -0.39 is 0 Å². The van der Waals surface area contributed by atoms with E-state index in [0.29, 0.717) is 12.6 Å².